The number of hydrogen-bond acceptors (Lipinski definition) is 3. The van der Waals surface area contributed by atoms with Gasteiger partial charge in [0.2, 0.25) is 0 Å². The minimum absolute atomic E-state index is 0.00133. The van der Waals surface area contributed by atoms with Gasteiger partial charge in [-0.05, 0) is 51.0 Å². The van der Waals surface area contributed by atoms with Gasteiger partial charge in [-0.2, -0.15) is 0 Å². The molecule has 1 aliphatic rings. The molecule has 1 rings (SSSR count). The predicted octanol–water partition coefficient (Wildman–Crippen LogP) is 4.56. The van der Waals surface area contributed by atoms with Crippen molar-refractivity contribution in [3.8, 4) is 11.8 Å². The number of allylic oxidation sites excluding steroid dienone is 3. The van der Waals surface area contributed by atoms with Crippen LogP contribution in [0.25, 0.3) is 0 Å². The molecule has 1 saturated heterocycles. The Morgan fingerprint density at radius 2 is 1.96 bits per heavy atom. The van der Waals surface area contributed by atoms with Gasteiger partial charge < -0.3 is 9.84 Å². The lowest BCUT2D eigenvalue weighted by Gasteiger charge is -2.04. The molecule has 0 radical (unpaired) electrons. The smallest absolute Gasteiger partial charge is 0.309 e. The summed E-state index contributed by atoms with van der Waals surface area (Å²) in [6.07, 6.45) is 17.4. The van der Waals surface area contributed by atoms with E-state index in [1.165, 1.54) is 12.8 Å². The van der Waals surface area contributed by atoms with E-state index in [9.17, 15) is 4.79 Å². The quantitative estimate of drug-likeness (QED) is 0.247. The number of aliphatic hydroxyl groups is 1. The topological polar surface area (TPSA) is 46.5 Å². The molecule has 0 saturated carbocycles. The Labute approximate surface area is 147 Å². The third-order valence-electron chi connectivity index (χ3n) is 4.30. The van der Waals surface area contributed by atoms with Crippen molar-refractivity contribution in [2.75, 3.05) is 6.61 Å². The summed E-state index contributed by atoms with van der Waals surface area (Å²) < 4.78 is 5.07. The Kier molecular flexibility index (Phi) is 11.9. The van der Waals surface area contributed by atoms with Crippen LogP contribution in [0.1, 0.15) is 70.6 Å². The second-order valence-electron chi connectivity index (χ2n) is 6.42. The Hall–Kier alpha value is -1.53. The summed E-state index contributed by atoms with van der Waals surface area (Å²) in [7, 11) is 0. The molecule has 0 spiro atoms. The molecule has 1 aliphatic heterocycles. The van der Waals surface area contributed by atoms with Gasteiger partial charge >= 0.3 is 5.97 Å². The van der Waals surface area contributed by atoms with Gasteiger partial charge in [-0.1, -0.05) is 43.3 Å². The highest BCUT2D eigenvalue weighted by Gasteiger charge is 2.33. The van der Waals surface area contributed by atoms with Gasteiger partial charge in [0.15, 0.2) is 0 Å². The average molecular weight is 332 g/mol. The van der Waals surface area contributed by atoms with E-state index in [0.717, 1.165) is 51.4 Å². The Morgan fingerprint density at radius 3 is 2.71 bits per heavy atom. The van der Waals surface area contributed by atoms with Crippen LogP contribution in [0.15, 0.2) is 24.8 Å². The largest absolute Gasteiger partial charge is 0.460 e. The zero-order valence-corrected chi connectivity index (χ0v) is 14.8. The highest BCUT2D eigenvalue weighted by atomic mass is 16.6. The third kappa shape index (κ3) is 9.57. The number of rotatable bonds is 12. The highest BCUT2D eigenvalue weighted by Crippen LogP contribution is 2.25. The van der Waals surface area contributed by atoms with Crippen LogP contribution in [0.3, 0.4) is 0 Å². The third-order valence-corrected chi connectivity index (χ3v) is 4.30. The molecular formula is C21H32O3. The van der Waals surface area contributed by atoms with Crippen molar-refractivity contribution in [1.82, 2.24) is 0 Å². The summed E-state index contributed by atoms with van der Waals surface area (Å²) in [4.78, 5) is 11.5. The van der Waals surface area contributed by atoms with Gasteiger partial charge in [0.25, 0.3) is 0 Å². The highest BCUT2D eigenvalue weighted by molar-refractivity contribution is 5.74. The molecule has 1 heterocycles. The minimum Gasteiger partial charge on any atom is -0.460 e. The molecule has 0 aliphatic carbocycles. The molecule has 3 nitrogen and oxygen atoms in total. The van der Waals surface area contributed by atoms with Gasteiger partial charge in [-0.3, -0.25) is 4.79 Å². The molecule has 3 heteroatoms. The first-order valence-electron chi connectivity index (χ1n) is 9.33. The molecule has 0 aromatic rings. The van der Waals surface area contributed by atoms with Crippen LogP contribution in [-0.2, 0) is 9.53 Å². The van der Waals surface area contributed by atoms with Gasteiger partial charge in [-0.25, -0.2) is 0 Å². The summed E-state index contributed by atoms with van der Waals surface area (Å²) in [6.45, 7) is 3.66. The number of carbonyl (C=O) groups is 1. The van der Waals surface area contributed by atoms with Crippen molar-refractivity contribution in [2.24, 2.45) is 5.92 Å². The molecule has 1 N–H and O–H groups in total. The van der Waals surface area contributed by atoms with Crippen molar-refractivity contribution in [2.45, 2.75) is 76.7 Å². The molecule has 0 aromatic heterocycles. The van der Waals surface area contributed by atoms with Crippen LogP contribution in [-0.4, -0.2) is 23.8 Å². The lowest BCUT2D eigenvalue weighted by atomic mass is 9.97. The first-order valence-corrected chi connectivity index (χ1v) is 9.33. The first-order chi connectivity index (χ1) is 11.8. The average Bonchev–Trinajstić information content (AvgIpc) is 2.95. The zero-order chi connectivity index (χ0) is 17.5. The van der Waals surface area contributed by atoms with E-state index < -0.39 is 0 Å². The molecule has 2 atom stereocenters. The summed E-state index contributed by atoms with van der Waals surface area (Å²) in [5, 5.41) is 9.00. The van der Waals surface area contributed by atoms with Gasteiger partial charge in [-0.15, -0.1) is 6.58 Å². The van der Waals surface area contributed by atoms with Crippen LogP contribution in [0.2, 0.25) is 0 Å². The van der Waals surface area contributed by atoms with Gasteiger partial charge in [0.1, 0.15) is 6.10 Å². The molecule has 2 unspecified atom stereocenters. The van der Waals surface area contributed by atoms with Crippen LogP contribution < -0.4 is 0 Å². The monoisotopic (exact) mass is 332 g/mol. The molecular weight excluding hydrogens is 300 g/mol. The maximum absolute atomic E-state index is 11.5. The van der Waals surface area contributed by atoms with Gasteiger partial charge in [0, 0.05) is 6.42 Å². The number of ether oxygens (including phenoxy) is 1. The van der Waals surface area contributed by atoms with E-state index in [0.29, 0.717) is 6.42 Å². The predicted molar refractivity (Wildman–Crippen MR) is 98.4 cm³/mol. The van der Waals surface area contributed by atoms with Gasteiger partial charge in [0.05, 0.1) is 12.5 Å². The van der Waals surface area contributed by atoms with Crippen molar-refractivity contribution in [1.29, 1.82) is 0 Å². The van der Waals surface area contributed by atoms with Crippen molar-refractivity contribution in [3.05, 3.63) is 24.8 Å². The van der Waals surface area contributed by atoms with Crippen LogP contribution in [0.5, 0.6) is 0 Å². The SMILES string of the molecule is C=CCCCCC=CC#CCCCCCCC1CC(CO)OC1=O. The minimum atomic E-state index is -0.271. The summed E-state index contributed by atoms with van der Waals surface area (Å²) >= 11 is 0. The Morgan fingerprint density at radius 1 is 1.17 bits per heavy atom. The van der Waals surface area contributed by atoms with Crippen LogP contribution in [0, 0.1) is 17.8 Å². The first kappa shape index (κ1) is 20.5. The number of cyclic esters (lactones) is 1. The van der Waals surface area contributed by atoms with E-state index in [-0.39, 0.29) is 24.6 Å². The fourth-order valence-corrected chi connectivity index (χ4v) is 2.85. The molecule has 24 heavy (non-hydrogen) atoms. The van der Waals surface area contributed by atoms with E-state index in [1.807, 2.05) is 12.2 Å². The number of hydrogen-bond donors (Lipinski definition) is 1. The van der Waals surface area contributed by atoms with Crippen LogP contribution in [0.4, 0.5) is 0 Å². The van der Waals surface area contributed by atoms with Crippen LogP contribution >= 0.6 is 0 Å². The van der Waals surface area contributed by atoms with E-state index in [1.54, 1.807) is 0 Å². The second kappa shape index (κ2) is 13.9. The summed E-state index contributed by atoms with van der Waals surface area (Å²) in [5.74, 6) is 6.15. The molecule has 0 amide bonds. The van der Waals surface area contributed by atoms with E-state index >= 15 is 0 Å². The Balaban J connectivity index is 1.92. The molecule has 0 aromatic carbocycles. The lowest BCUT2D eigenvalue weighted by molar-refractivity contribution is -0.145. The second-order valence-corrected chi connectivity index (χ2v) is 6.42. The fraction of sp³-hybridized carbons (Fsp3) is 0.667. The maximum atomic E-state index is 11.5. The molecule has 0 bridgehead atoms. The normalized spacial score (nSPS) is 20.0. The summed E-state index contributed by atoms with van der Waals surface area (Å²) in [6, 6.07) is 0. The zero-order valence-electron chi connectivity index (χ0n) is 14.8. The van der Waals surface area contributed by atoms with Crippen molar-refractivity contribution < 1.29 is 14.6 Å². The van der Waals surface area contributed by atoms with Crippen molar-refractivity contribution >= 4 is 5.97 Å². The lowest BCUT2D eigenvalue weighted by Crippen LogP contribution is -2.10. The molecule has 134 valence electrons. The number of carbonyl (C=O) groups excluding carboxylic acids is 1. The number of esters is 1. The van der Waals surface area contributed by atoms with E-state index in [4.69, 9.17) is 9.84 Å². The Bertz CT molecular complexity index is 442. The maximum Gasteiger partial charge on any atom is 0.309 e. The molecule has 1 fully saturated rings. The number of unbranched alkanes of at least 4 members (excludes halogenated alkanes) is 7. The summed E-state index contributed by atoms with van der Waals surface area (Å²) in [5.41, 5.74) is 0. The standard InChI is InChI=1S/C21H32O3/c1-2-3-4-5-6-7-8-9-10-11-12-13-14-15-16-19-17-20(18-22)24-21(19)23/h2,7-8,19-20,22H,1,3-6,11-18H2. The van der Waals surface area contributed by atoms with Crippen molar-refractivity contribution in [3.63, 3.8) is 0 Å². The number of aliphatic hydroxyl groups excluding tert-OH is 1. The van der Waals surface area contributed by atoms with E-state index in [2.05, 4.69) is 24.5 Å². The fourth-order valence-electron chi connectivity index (χ4n) is 2.85.